The molecule has 0 aliphatic carbocycles. The van der Waals surface area contributed by atoms with Crippen LogP contribution in [0, 0.1) is 10.8 Å². The minimum absolute atomic E-state index is 0.161. The van der Waals surface area contributed by atoms with Crippen molar-refractivity contribution in [1.82, 2.24) is 9.80 Å². The smallest absolute Gasteiger partial charge is 0.321 e. The third-order valence-corrected chi connectivity index (χ3v) is 12.3. The zero-order valence-corrected chi connectivity index (χ0v) is 35.0. The van der Waals surface area contributed by atoms with E-state index in [1.54, 1.807) is 0 Å². The second-order valence-electron chi connectivity index (χ2n) is 16.7. The van der Waals surface area contributed by atoms with E-state index in [4.69, 9.17) is 0 Å². The van der Waals surface area contributed by atoms with Crippen molar-refractivity contribution in [2.75, 3.05) is 26.2 Å². The molecule has 10 nitrogen and oxygen atoms in total. The first kappa shape index (κ1) is 47.6. The SMILES string of the molecule is CCCCCCCCCCc1ccc(CN2CCC(C(=O)O)(C(=O)O)CC2)cc1.CCCCCCCCCc1ccc(CN2CCC(C(=O)O)(C(=O)O)CC2)cc1. The summed E-state index contributed by atoms with van der Waals surface area (Å²) in [4.78, 5) is 49.9. The van der Waals surface area contributed by atoms with E-state index in [0.717, 1.165) is 25.9 Å². The molecule has 0 saturated carbocycles. The van der Waals surface area contributed by atoms with Gasteiger partial charge in [-0.25, -0.2) is 0 Å². The molecular weight excluding hydrogens is 721 g/mol. The van der Waals surface area contributed by atoms with Gasteiger partial charge in [-0.2, -0.15) is 0 Å². The Morgan fingerprint density at radius 1 is 0.421 bits per heavy atom. The van der Waals surface area contributed by atoms with Crippen LogP contribution in [0.5, 0.6) is 0 Å². The molecule has 4 rings (SSSR count). The highest BCUT2D eigenvalue weighted by molar-refractivity contribution is 5.98. The minimum atomic E-state index is -1.61. The second kappa shape index (κ2) is 25.6. The van der Waals surface area contributed by atoms with Gasteiger partial charge < -0.3 is 20.4 Å². The summed E-state index contributed by atoms with van der Waals surface area (Å²) in [6, 6.07) is 17.4. The summed E-state index contributed by atoms with van der Waals surface area (Å²) in [5, 5.41) is 37.3. The molecule has 2 aliphatic rings. The molecule has 0 amide bonds. The van der Waals surface area contributed by atoms with Crippen LogP contribution in [0.1, 0.15) is 158 Å². The van der Waals surface area contributed by atoms with Crippen molar-refractivity contribution in [2.45, 2.75) is 162 Å². The van der Waals surface area contributed by atoms with Gasteiger partial charge in [0.25, 0.3) is 0 Å². The molecular formula is C47H72N2O8. The number of rotatable bonds is 25. The first-order valence-corrected chi connectivity index (χ1v) is 22.0. The Kier molecular flexibility index (Phi) is 21.4. The molecule has 0 spiro atoms. The molecule has 2 saturated heterocycles. The van der Waals surface area contributed by atoms with Crippen molar-refractivity contribution in [1.29, 1.82) is 0 Å². The Hall–Kier alpha value is -3.76. The van der Waals surface area contributed by atoms with Crippen LogP contribution in [0.15, 0.2) is 48.5 Å². The Balaban J connectivity index is 0.000000306. The van der Waals surface area contributed by atoms with Crippen LogP contribution in [0.4, 0.5) is 0 Å². The van der Waals surface area contributed by atoms with Gasteiger partial charge in [0, 0.05) is 39.3 Å². The van der Waals surface area contributed by atoms with E-state index in [-0.39, 0.29) is 25.7 Å². The molecule has 57 heavy (non-hydrogen) atoms. The van der Waals surface area contributed by atoms with E-state index < -0.39 is 34.7 Å². The van der Waals surface area contributed by atoms with Crippen LogP contribution in [-0.2, 0) is 45.1 Å². The highest BCUT2D eigenvalue weighted by Crippen LogP contribution is 2.34. The summed E-state index contributed by atoms with van der Waals surface area (Å²) < 4.78 is 0. The molecule has 4 N–H and O–H groups in total. The lowest BCUT2D eigenvalue weighted by atomic mass is 9.78. The molecule has 0 radical (unpaired) electrons. The summed E-state index contributed by atoms with van der Waals surface area (Å²) >= 11 is 0. The molecule has 318 valence electrons. The highest BCUT2D eigenvalue weighted by Gasteiger charge is 2.49. The van der Waals surface area contributed by atoms with Crippen molar-refractivity contribution in [3.63, 3.8) is 0 Å². The lowest BCUT2D eigenvalue weighted by Crippen LogP contribution is -2.48. The fourth-order valence-electron chi connectivity index (χ4n) is 8.11. The van der Waals surface area contributed by atoms with Crippen molar-refractivity contribution < 1.29 is 39.6 Å². The van der Waals surface area contributed by atoms with Crippen molar-refractivity contribution >= 4 is 23.9 Å². The van der Waals surface area contributed by atoms with Crippen LogP contribution in [-0.4, -0.2) is 80.3 Å². The number of piperidine rings is 2. The highest BCUT2D eigenvalue weighted by atomic mass is 16.4. The molecule has 2 aromatic rings. The number of carboxylic acid groups (broad SMARTS) is 4. The van der Waals surface area contributed by atoms with E-state index >= 15 is 0 Å². The average Bonchev–Trinajstić information content (AvgIpc) is 3.20. The fraction of sp³-hybridized carbons (Fsp3) is 0.660. The summed E-state index contributed by atoms with van der Waals surface area (Å²) in [7, 11) is 0. The fourth-order valence-corrected chi connectivity index (χ4v) is 8.11. The molecule has 2 heterocycles. The van der Waals surface area contributed by atoms with Crippen LogP contribution < -0.4 is 0 Å². The molecule has 2 aliphatic heterocycles. The van der Waals surface area contributed by atoms with E-state index in [0.29, 0.717) is 26.2 Å². The molecule has 0 aromatic heterocycles. The molecule has 10 heteroatoms. The number of nitrogens with zero attached hydrogens (tertiary/aromatic N) is 2. The van der Waals surface area contributed by atoms with Gasteiger partial charge in [-0.1, -0.05) is 146 Å². The monoisotopic (exact) mass is 793 g/mol. The van der Waals surface area contributed by atoms with Gasteiger partial charge in [-0.3, -0.25) is 29.0 Å². The largest absolute Gasteiger partial charge is 0.480 e. The van der Waals surface area contributed by atoms with Gasteiger partial charge in [0.15, 0.2) is 10.8 Å². The predicted octanol–water partition coefficient (Wildman–Crippen LogP) is 9.85. The Bertz CT molecular complexity index is 1440. The van der Waals surface area contributed by atoms with Crippen molar-refractivity contribution in [3.05, 3.63) is 70.8 Å². The van der Waals surface area contributed by atoms with Gasteiger partial charge in [0.05, 0.1) is 0 Å². The predicted molar refractivity (Wildman–Crippen MR) is 225 cm³/mol. The van der Waals surface area contributed by atoms with Crippen LogP contribution >= 0.6 is 0 Å². The number of hydrogen-bond donors (Lipinski definition) is 4. The number of aryl methyl sites for hydroxylation is 2. The number of carboxylic acids is 4. The van der Waals surface area contributed by atoms with Gasteiger partial charge in [-0.15, -0.1) is 0 Å². The Labute approximate surface area is 342 Å². The average molecular weight is 793 g/mol. The summed E-state index contributed by atoms with van der Waals surface area (Å²) in [6.45, 7) is 7.98. The normalized spacial score (nSPS) is 16.7. The van der Waals surface area contributed by atoms with E-state index in [1.165, 1.54) is 119 Å². The third kappa shape index (κ3) is 15.8. The maximum Gasteiger partial charge on any atom is 0.321 e. The maximum atomic E-state index is 11.4. The zero-order chi connectivity index (χ0) is 41.5. The van der Waals surface area contributed by atoms with Crippen LogP contribution in [0.2, 0.25) is 0 Å². The summed E-state index contributed by atoms with van der Waals surface area (Å²) in [5.41, 5.74) is 1.90. The molecule has 0 unspecified atom stereocenters. The maximum absolute atomic E-state index is 11.4. The Morgan fingerprint density at radius 3 is 0.930 bits per heavy atom. The van der Waals surface area contributed by atoms with Gasteiger partial charge >= 0.3 is 23.9 Å². The lowest BCUT2D eigenvalue weighted by molar-refractivity contribution is -0.170. The van der Waals surface area contributed by atoms with Crippen LogP contribution in [0.25, 0.3) is 0 Å². The van der Waals surface area contributed by atoms with Gasteiger partial charge in [0.2, 0.25) is 0 Å². The number of unbranched alkanes of at least 4 members (excludes halogenated alkanes) is 13. The van der Waals surface area contributed by atoms with Gasteiger partial charge in [0.1, 0.15) is 0 Å². The number of likely N-dealkylation sites (tertiary alicyclic amines) is 2. The van der Waals surface area contributed by atoms with E-state index in [2.05, 4.69) is 72.2 Å². The van der Waals surface area contributed by atoms with Crippen molar-refractivity contribution in [2.24, 2.45) is 10.8 Å². The van der Waals surface area contributed by atoms with Gasteiger partial charge in [-0.05, 0) is 73.6 Å². The first-order chi connectivity index (χ1) is 27.5. The van der Waals surface area contributed by atoms with Crippen LogP contribution in [0.3, 0.4) is 0 Å². The second-order valence-corrected chi connectivity index (χ2v) is 16.7. The topological polar surface area (TPSA) is 156 Å². The van der Waals surface area contributed by atoms with E-state index in [9.17, 15) is 39.6 Å². The number of benzene rings is 2. The van der Waals surface area contributed by atoms with Crippen molar-refractivity contribution in [3.8, 4) is 0 Å². The molecule has 0 atom stereocenters. The zero-order valence-electron chi connectivity index (χ0n) is 35.0. The molecule has 2 aromatic carbocycles. The third-order valence-electron chi connectivity index (χ3n) is 12.3. The number of aliphatic carboxylic acids is 4. The summed E-state index contributed by atoms with van der Waals surface area (Å²) in [5.74, 6) is -4.85. The number of carbonyl (C=O) groups is 4. The quantitative estimate of drug-likeness (QED) is 0.0564. The standard InChI is InChI=1S/C24H37NO4.C23H35NO4/c1-2-3-4-5-6-7-8-9-10-20-11-13-21(14-12-20)19-25-17-15-24(16-18-25,22(26)27)23(28)29;1-2-3-4-5-6-7-8-9-19-10-12-20(13-11-19)18-24-16-14-23(15-17-24,21(25)26)22(27)28/h11-14H,2-10,15-19H2,1H3,(H,26,27)(H,28,29);10-13H,2-9,14-18H2,1H3,(H,25,26)(H,27,28). The molecule has 0 bridgehead atoms. The number of hydrogen-bond acceptors (Lipinski definition) is 6. The summed E-state index contributed by atoms with van der Waals surface area (Å²) in [6.07, 6.45) is 22.8. The first-order valence-electron chi connectivity index (χ1n) is 22.0. The Morgan fingerprint density at radius 2 is 0.667 bits per heavy atom. The lowest BCUT2D eigenvalue weighted by Gasteiger charge is -2.36. The minimum Gasteiger partial charge on any atom is -0.480 e. The molecule has 2 fully saturated rings. The van der Waals surface area contributed by atoms with E-state index in [1.807, 2.05) is 0 Å².